The number of imide groups is 1. The Labute approximate surface area is 217 Å². The van der Waals surface area contributed by atoms with Crippen molar-refractivity contribution in [1.82, 2.24) is 14.8 Å². The number of hydrogen-bond donors (Lipinski definition) is 2. The summed E-state index contributed by atoms with van der Waals surface area (Å²) in [4.78, 5) is 39.8. The Hall–Kier alpha value is -4.23. The van der Waals surface area contributed by atoms with E-state index in [0.29, 0.717) is 11.1 Å². The summed E-state index contributed by atoms with van der Waals surface area (Å²) in [7, 11) is 0. The molecule has 37 heavy (non-hydrogen) atoms. The lowest BCUT2D eigenvalue weighted by atomic mass is 9.96. The summed E-state index contributed by atoms with van der Waals surface area (Å²) >= 11 is 1.64. The quantitative estimate of drug-likeness (QED) is 0.382. The number of rotatable bonds is 5. The van der Waals surface area contributed by atoms with Crippen molar-refractivity contribution in [1.29, 1.82) is 5.26 Å². The summed E-state index contributed by atoms with van der Waals surface area (Å²) < 4.78 is 15.9. The van der Waals surface area contributed by atoms with Crippen LogP contribution in [0.3, 0.4) is 0 Å². The number of nitrogens with one attached hydrogen (secondary N) is 2. The molecule has 0 bridgehead atoms. The fraction of sp³-hybridized carbons (Fsp3) is 0.259. The number of nitriles is 1. The van der Waals surface area contributed by atoms with Gasteiger partial charge in [0.15, 0.2) is 0 Å². The van der Waals surface area contributed by atoms with Crippen LogP contribution in [0.1, 0.15) is 45.8 Å². The van der Waals surface area contributed by atoms with Gasteiger partial charge in [0.1, 0.15) is 29.1 Å². The van der Waals surface area contributed by atoms with E-state index in [1.807, 2.05) is 24.5 Å². The van der Waals surface area contributed by atoms with E-state index in [1.165, 1.54) is 23.1 Å². The Morgan fingerprint density at radius 2 is 2.00 bits per heavy atom. The van der Waals surface area contributed by atoms with Gasteiger partial charge in [-0.25, -0.2) is 14.1 Å². The number of carbonyl (C=O) groups is 3. The molecule has 2 N–H and O–H groups in total. The SMILES string of the molecule is Cc1cc(/C=C2/NC(=O)N(CC(=O)Nc3ccccc3F)C2=O)c(C)n1-c1sc2c(c1C#N)CCCC2. The Kier molecular flexibility index (Phi) is 6.39. The summed E-state index contributed by atoms with van der Waals surface area (Å²) in [5.41, 5.74) is 4.30. The molecular formula is C27H24FN5O3S. The number of benzene rings is 1. The van der Waals surface area contributed by atoms with Crippen LogP contribution in [0.5, 0.6) is 0 Å². The summed E-state index contributed by atoms with van der Waals surface area (Å²) in [5, 5.41) is 15.7. The lowest BCUT2D eigenvalue weighted by Crippen LogP contribution is -2.38. The molecular weight excluding hydrogens is 493 g/mol. The standard InChI is InChI=1S/C27H24FN5O3S/c1-15-11-17(16(2)33(15)26-19(13-29)18-7-3-6-10-23(18)37-26)12-22-25(35)32(27(36)31-22)14-24(34)30-21-9-5-4-8-20(21)28/h4-5,8-9,11-12H,3,6-7,10,14H2,1-2H3,(H,30,34)(H,31,36)/b22-12+. The molecule has 3 aromatic rings. The van der Waals surface area contributed by atoms with Gasteiger partial charge in [-0.2, -0.15) is 5.26 Å². The van der Waals surface area contributed by atoms with Crippen LogP contribution < -0.4 is 10.6 Å². The molecule has 2 aromatic heterocycles. The molecule has 1 fully saturated rings. The normalized spacial score (nSPS) is 16.1. The predicted octanol–water partition coefficient (Wildman–Crippen LogP) is 4.58. The zero-order valence-corrected chi connectivity index (χ0v) is 21.2. The molecule has 0 radical (unpaired) electrons. The molecule has 1 aromatic carbocycles. The van der Waals surface area contributed by atoms with Crippen LogP contribution in [0.2, 0.25) is 0 Å². The molecule has 5 rings (SSSR count). The van der Waals surface area contributed by atoms with E-state index in [4.69, 9.17) is 0 Å². The van der Waals surface area contributed by atoms with Crippen molar-refractivity contribution in [2.75, 3.05) is 11.9 Å². The number of aryl methyl sites for hydroxylation is 2. The van der Waals surface area contributed by atoms with Gasteiger partial charge in [0.25, 0.3) is 5.91 Å². The smallest absolute Gasteiger partial charge is 0.322 e. The van der Waals surface area contributed by atoms with Crippen LogP contribution in [0.25, 0.3) is 11.1 Å². The minimum Gasteiger partial charge on any atom is -0.322 e. The van der Waals surface area contributed by atoms with Crippen LogP contribution in [0.4, 0.5) is 14.9 Å². The number of para-hydroxylation sites is 1. The first-order valence-electron chi connectivity index (χ1n) is 11.9. The lowest BCUT2D eigenvalue weighted by molar-refractivity contribution is -0.127. The predicted molar refractivity (Wildman–Crippen MR) is 138 cm³/mol. The van der Waals surface area contributed by atoms with Gasteiger partial charge in [-0.3, -0.25) is 9.59 Å². The second kappa shape index (κ2) is 9.67. The highest BCUT2D eigenvalue weighted by molar-refractivity contribution is 7.15. The molecule has 1 saturated heterocycles. The number of hydrogen-bond acceptors (Lipinski definition) is 5. The van der Waals surface area contributed by atoms with Gasteiger partial charge in [0.2, 0.25) is 5.91 Å². The Bertz CT molecular complexity index is 1530. The van der Waals surface area contributed by atoms with Crippen LogP contribution in [0, 0.1) is 31.0 Å². The summed E-state index contributed by atoms with van der Waals surface area (Å²) in [6, 6.07) is 9.20. The monoisotopic (exact) mass is 517 g/mol. The van der Waals surface area contributed by atoms with Crippen molar-refractivity contribution in [2.24, 2.45) is 0 Å². The van der Waals surface area contributed by atoms with Gasteiger partial charge >= 0.3 is 6.03 Å². The number of anilines is 1. The van der Waals surface area contributed by atoms with Crippen molar-refractivity contribution in [3.8, 4) is 11.1 Å². The minimum atomic E-state index is -0.730. The van der Waals surface area contributed by atoms with Crippen molar-refractivity contribution < 1.29 is 18.8 Å². The largest absolute Gasteiger partial charge is 0.329 e. The number of amides is 4. The van der Waals surface area contributed by atoms with E-state index in [0.717, 1.165) is 52.5 Å². The number of fused-ring (bicyclic) bond motifs is 1. The molecule has 188 valence electrons. The maximum atomic E-state index is 13.8. The highest BCUT2D eigenvalue weighted by Crippen LogP contribution is 2.38. The fourth-order valence-electron chi connectivity index (χ4n) is 4.84. The summed E-state index contributed by atoms with van der Waals surface area (Å²) in [6.45, 7) is 3.28. The average molecular weight is 518 g/mol. The molecule has 10 heteroatoms. The Morgan fingerprint density at radius 3 is 2.76 bits per heavy atom. The number of halogens is 1. The molecule has 3 heterocycles. The highest BCUT2D eigenvalue weighted by Gasteiger charge is 2.35. The third kappa shape index (κ3) is 4.42. The molecule has 8 nitrogen and oxygen atoms in total. The van der Waals surface area contributed by atoms with Gasteiger partial charge in [0, 0.05) is 16.3 Å². The molecule has 2 aliphatic rings. The maximum Gasteiger partial charge on any atom is 0.329 e. The third-order valence-electron chi connectivity index (χ3n) is 6.65. The molecule has 0 saturated carbocycles. The lowest BCUT2D eigenvalue weighted by Gasteiger charge is -2.12. The number of nitrogens with zero attached hydrogens (tertiary/aromatic N) is 3. The molecule has 0 atom stereocenters. The van der Waals surface area contributed by atoms with E-state index in [2.05, 4.69) is 16.7 Å². The van der Waals surface area contributed by atoms with Gasteiger partial charge < -0.3 is 15.2 Å². The van der Waals surface area contributed by atoms with Gasteiger partial charge in [-0.1, -0.05) is 12.1 Å². The van der Waals surface area contributed by atoms with E-state index >= 15 is 0 Å². The Balaban J connectivity index is 1.39. The van der Waals surface area contributed by atoms with E-state index in [1.54, 1.807) is 23.5 Å². The van der Waals surface area contributed by atoms with Gasteiger partial charge in [-0.15, -0.1) is 11.3 Å². The van der Waals surface area contributed by atoms with Crippen molar-refractivity contribution in [3.05, 3.63) is 74.8 Å². The summed E-state index contributed by atoms with van der Waals surface area (Å²) in [6.07, 6.45) is 5.66. The highest BCUT2D eigenvalue weighted by atomic mass is 32.1. The van der Waals surface area contributed by atoms with Crippen LogP contribution in [-0.2, 0) is 22.4 Å². The molecule has 0 spiro atoms. The topological polar surface area (TPSA) is 107 Å². The third-order valence-corrected chi connectivity index (χ3v) is 7.93. The van der Waals surface area contributed by atoms with Crippen LogP contribution in [0.15, 0.2) is 36.0 Å². The van der Waals surface area contributed by atoms with Crippen molar-refractivity contribution in [3.63, 3.8) is 0 Å². The van der Waals surface area contributed by atoms with Crippen LogP contribution >= 0.6 is 11.3 Å². The number of aromatic nitrogens is 1. The zero-order chi connectivity index (χ0) is 26.3. The molecule has 1 aliphatic carbocycles. The first kappa shape index (κ1) is 24.5. The first-order valence-corrected chi connectivity index (χ1v) is 12.7. The second-order valence-corrected chi connectivity index (χ2v) is 10.2. The van der Waals surface area contributed by atoms with E-state index in [9.17, 15) is 24.0 Å². The van der Waals surface area contributed by atoms with Crippen LogP contribution in [-0.4, -0.2) is 33.9 Å². The Morgan fingerprint density at radius 1 is 1.24 bits per heavy atom. The first-order chi connectivity index (χ1) is 17.8. The molecule has 0 unspecified atom stereocenters. The van der Waals surface area contributed by atoms with E-state index < -0.39 is 30.2 Å². The fourth-order valence-corrected chi connectivity index (χ4v) is 6.29. The number of thiophene rings is 1. The van der Waals surface area contributed by atoms with Crippen molar-refractivity contribution >= 4 is 40.9 Å². The second-order valence-electron chi connectivity index (χ2n) is 9.07. The maximum absolute atomic E-state index is 13.8. The summed E-state index contributed by atoms with van der Waals surface area (Å²) in [5.74, 6) is -1.96. The zero-order valence-electron chi connectivity index (χ0n) is 20.4. The number of urea groups is 1. The van der Waals surface area contributed by atoms with Gasteiger partial charge in [0.05, 0.1) is 11.3 Å². The van der Waals surface area contributed by atoms with E-state index in [-0.39, 0.29) is 11.4 Å². The molecule has 4 amide bonds. The molecule has 1 aliphatic heterocycles. The van der Waals surface area contributed by atoms with Crippen molar-refractivity contribution in [2.45, 2.75) is 39.5 Å². The average Bonchev–Trinajstić information content (AvgIpc) is 3.46. The minimum absolute atomic E-state index is 0.0326. The number of carbonyl (C=O) groups excluding carboxylic acids is 3. The van der Waals surface area contributed by atoms with Gasteiger partial charge in [-0.05, 0) is 74.9 Å².